The molecular weight excluding hydrogens is 270 g/mol. The highest BCUT2D eigenvalue weighted by atomic mass is 35.5. The SMILES string of the molecule is CCC(Nc1ncnc(Cl)c1C(C)C)C1CCCCC1. The minimum absolute atomic E-state index is 0.329. The average molecular weight is 296 g/mol. The summed E-state index contributed by atoms with van der Waals surface area (Å²) in [7, 11) is 0. The summed E-state index contributed by atoms with van der Waals surface area (Å²) < 4.78 is 0. The van der Waals surface area contributed by atoms with Crippen LogP contribution in [0.4, 0.5) is 5.82 Å². The molecule has 1 aromatic heterocycles. The molecule has 0 bridgehead atoms. The number of nitrogens with zero attached hydrogens (tertiary/aromatic N) is 2. The van der Waals surface area contributed by atoms with Crippen molar-refractivity contribution < 1.29 is 0 Å². The van der Waals surface area contributed by atoms with E-state index >= 15 is 0 Å². The summed E-state index contributed by atoms with van der Waals surface area (Å²) in [6, 6.07) is 0.499. The Hall–Kier alpha value is -0.830. The van der Waals surface area contributed by atoms with Crippen LogP contribution in [0.15, 0.2) is 6.33 Å². The van der Waals surface area contributed by atoms with Crippen molar-refractivity contribution in [1.29, 1.82) is 0 Å². The largest absolute Gasteiger partial charge is 0.367 e. The fourth-order valence-corrected chi connectivity index (χ4v) is 3.62. The number of aromatic nitrogens is 2. The van der Waals surface area contributed by atoms with E-state index in [1.165, 1.54) is 32.1 Å². The third-order valence-electron chi connectivity index (χ3n) is 4.39. The maximum atomic E-state index is 6.25. The summed E-state index contributed by atoms with van der Waals surface area (Å²) in [6.07, 6.45) is 9.48. The van der Waals surface area contributed by atoms with Crippen molar-refractivity contribution in [2.75, 3.05) is 5.32 Å². The minimum Gasteiger partial charge on any atom is -0.367 e. The Bertz CT molecular complexity index is 428. The number of hydrogen-bond donors (Lipinski definition) is 1. The van der Waals surface area contributed by atoms with E-state index in [9.17, 15) is 0 Å². The second-order valence-corrected chi connectivity index (χ2v) is 6.50. The Morgan fingerprint density at radius 3 is 2.55 bits per heavy atom. The first-order valence-corrected chi connectivity index (χ1v) is 8.28. The Kier molecular flexibility index (Phi) is 5.64. The molecule has 0 aliphatic heterocycles. The van der Waals surface area contributed by atoms with Gasteiger partial charge in [0, 0.05) is 11.6 Å². The molecule has 1 aliphatic carbocycles. The van der Waals surface area contributed by atoms with Gasteiger partial charge in [0.15, 0.2) is 0 Å². The van der Waals surface area contributed by atoms with Crippen LogP contribution in [0, 0.1) is 5.92 Å². The Morgan fingerprint density at radius 2 is 1.95 bits per heavy atom. The van der Waals surface area contributed by atoms with E-state index in [0.717, 1.165) is 23.7 Å². The average Bonchev–Trinajstić information content (AvgIpc) is 2.45. The quantitative estimate of drug-likeness (QED) is 0.775. The normalized spacial score (nSPS) is 18.2. The van der Waals surface area contributed by atoms with E-state index in [0.29, 0.717) is 17.1 Å². The zero-order valence-corrected chi connectivity index (χ0v) is 13.6. The molecule has 4 heteroatoms. The van der Waals surface area contributed by atoms with Crippen molar-refractivity contribution in [1.82, 2.24) is 9.97 Å². The van der Waals surface area contributed by atoms with Crippen molar-refractivity contribution in [3.8, 4) is 0 Å². The van der Waals surface area contributed by atoms with Gasteiger partial charge in [-0.2, -0.15) is 0 Å². The maximum absolute atomic E-state index is 6.25. The lowest BCUT2D eigenvalue weighted by Crippen LogP contribution is -2.31. The highest BCUT2D eigenvalue weighted by molar-refractivity contribution is 6.30. The summed E-state index contributed by atoms with van der Waals surface area (Å²) in [5, 5.41) is 4.23. The molecule has 1 aromatic rings. The lowest BCUT2D eigenvalue weighted by Gasteiger charge is -2.31. The number of anilines is 1. The zero-order valence-electron chi connectivity index (χ0n) is 12.8. The first kappa shape index (κ1) is 15.6. The van der Waals surface area contributed by atoms with Gasteiger partial charge < -0.3 is 5.32 Å². The number of hydrogen-bond acceptors (Lipinski definition) is 3. The van der Waals surface area contributed by atoms with Gasteiger partial charge in [-0.3, -0.25) is 0 Å². The second kappa shape index (κ2) is 7.26. The number of rotatable bonds is 5. The summed E-state index contributed by atoms with van der Waals surface area (Å²) in [5.74, 6) is 2.02. The molecule has 1 N–H and O–H groups in total. The predicted octanol–water partition coefficient (Wildman–Crippen LogP) is 5.02. The summed E-state index contributed by atoms with van der Waals surface area (Å²) in [6.45, 7) is 6.53. The molecule has 1 heterocycles. The van der Waals surface area contributed by atoms with Crippen molar-refractivity contribution >= 4 is 17.4 Å². The van der Waals surface area contributed by atoms with Crippen LogP contribution in [0.2, 0.25) is 5.15 Å². The van der Waals surface area contributed by atoms with Gasteiger partial charge in [-0.15, -0.1) is 0 Å². The van der Waals surface area contributed by atoms with Gasteiger partial charge in [-0.25, -0.2) is 9.97 Å². The van der Waals surface area contributed by atoms with E-state index in [2.05, 4.69) is 36.1 Å². The molecule has 1 atom stereocenters. The summed E-state index contributed by atoms with van der Waals surface area (Å²) >= 11 is 6.25. The van der Waals surface area contributed by atoms with Crippen molar-refractivity contribution in [3.05, 3.63) is 17.0 Å². The highest BCUT2D eigenvalue weighted by Crippen LogP contribution is 2.32. The maximum Gasteiger partial charge on any atom is 0.138 e. The van der Waals surface area contributed by atoms with Gasteiger partial charge in [0.1, 0.15) is 17.3 Å². The molecule has 112 valence electrons. The molecule has 1 aliphatic rings. The molecule has 0 spiro atoms. The smallest absolute Gasteiger partial charge is 0.138 e. The number of halogens is 1. The predicted molar refractivity (Wildman–Crippen MR) is 85.4 cm³/mol. The fourth-order valence-electron chi connectivity index (χ4n) is 3.27. The highest BCUT2D eigenvalue weighted by Gasteiger charge is 2.24. The molecule has 20 heavy (non-hydrogen) atoms. The number of nitrogens with one attached hydrogen (secondary N) is 1. The van der Waals surface area contributed by atoms with Gasteiger partial charge in [0.2, 0.25) is 0 Å². The third-order valence-corrected chi connectivity index (χ3v) is 4.69. The van der Waals surface area contributed by atoms with Crippen molar-refractivity contribution in [2.24, 2.45) is 5.92 Å². The van der Waals surface area contributed by atoms with E-state index in [4.69, 9.17) is 11.6 Å². The molecule has 2 rings (SSSR count). The molecule has 0 radical (unpaired) electrons. The topological polar surface area (TPSA) is 37.8 Å². The van der Waals surface area contributed by atoms with Gasteiger partial charge in [-0.1, -0.05) is 51.6 Å². The van der Waals surface area contributed by atoms with Crippen LogP contribution in [0.25, 0.3) is 0 Å². The Labute approximate surface area is 127 Å². The molecule has 1 fully saturated rings. The van der Waals surface area contributed by atoms with Gasteiger partial charge in [0.25, 0.3) is 0 Å². The molecule has 0 aromatic carbocycles. The van der Waals surface area contributed by atoms with Crippen LogP contribution in [0.3, 0.4) is 0 Å². The van der Waals surface area contributed by atoms with Gasteiger partial charge in [-0.05, 0) is 31.1 Å². The van der Waals surface area contributed by atoms with Crippen LogP contribution in [0.5, 0.6) is 0 Å². The standard InChI is InChI=1S/C16H26ClN3/c1-4-13(12-8-6-5-7-9-12)20-16-14(11(2)3)15(17)18-10-19-16/h10-13H,4-9H2,1-3H3,(H,18,19,20). The molecular formula is C16H26ClN3. The van der Waals surface area contributed by atoms with E-state index in [-0.39, 0.29) is 0 Å². The van der Waals surface area contributed by atoms with Gasteiger partial charge in [0.05, 0.1) is 0 Å². The fraction of sp³-hybridized carbons (Fsp3) is 0.750. The molecule has 0 amide bonds. The lowest BCUT2D eigenvalue weighted by atomic mass is 9.83. The van der Waals surface area contributed by atoms with Crippen LogP contribution < -0.4 is 5.32 Å². The van der Waals surface area contributed by atoms with Crippen LogP contribution in [0.1, 0.15) is 70.8 Å². The summed E-state index contributed by atoms with van der Waals surface area (Å²) in [4.78, 5) is 8.56. The van der Waals surface area contributed by atoms with Crippen molar-refractivity contribution in [2.45, 2.75) is 71.3 Å². The monoisotopic (exact) mass is 295 g/mol. The van der Waals surface area contributed by atoms with E-state index in [1.54, 1.807) is 6.33 Å². The first-order valence-electron chi connectivity index (χ1n) is 7.90. The third kappa shape index (κ3) is 3.63. The lowest BCUT2D eigenvalue weighted by molar-refractivity contribution is 0.312. The van der Waals surface area contributed by atoms with Gasteiger partial charge >= 0.3 is 0 Å². The van der Waals surface area contributed by atoms with Crippen LogP contribution in [-0.2, 0) is 0 Å². The molecule has 3 nitrogen and oxygen atoms in total. The summed E-state index contributed by atoms with van der Waals surface area (Å²) in [5.41, 5.74) is 1.04. The Balaban J connectivity index is 2.16. The zero-order chi connectivity index (χ0) is 14.5. The van der Waals surface area contributed by atoms with E-state index in [1.807, 2.05) is 0 Å². The first-order chi connectivity index (χ1) is 9.63. The second-order valence-electron chi connectivity index (χ2n) is 6.14. The molecule has 1 unspecified atom stereocenters. The molecule has 1 saturated carbocycles. The van der Waals surface area contributed by atoms with E-state index < -0.39 is 0 Å². The minimum atomic E-state index is 0.329. The van der Waals surface area contributed by atoms with Crippen molar-refractivity contribution in [3.63, 3.8) is 0 Å². The van der Waals surface area contributed by atoms with Crippen LogP contribution >= 0.6 is 11.6 Å². The molecule has 0 saturated heterocycles. The van der Waals surface area contributed by atoms with Crippen LogP contribution in [-0.4, -0.2) is 16.0 Å². The Morgan fingerprint density at radius 1 is 1.25 bits per heavy atom.